The van der Waals surface area contributed by atoms with Gasteiger partial charge >= 0.3 is 0 Å². The summed E-state index contributed by atoms with van der Waals surface area (Å²) >= 11 is 7.43. The van der Waals surface area contributed by atoms with E-state index >= 15 is 0 Å². The summed E-state index contributed by atoms with van der Waals surface area (Å²) in [5.74, 6) is 0.470. The van der Waals surface area contributed by atoms with Gasteiger partial charge < -0.3 is 15.5 Å². The van der Waals surface area contributed by atoms with E-state index in [0.29, 0.717) is 27.7 Å². The quantitative estimate of drug-likeness (QED) is 0.446. The van der Waals surface area contributed by atoms with Gasteiger partial charge in [-0.2, -0.15) is 0 Å². The van der Waals surface area contributed by atoms with Gasteiger partial charge in [0.25, 0.3) is 11.8 Å². The normalized spacial score (nSPS) is 20.0. The molecule has 7 heteroatoms. The second kappa shape index (κ2) is 10.6. The van der Waals surface area contributed by atoms with Crippen molar-refractivity contribution >= 4 is 46.9 Å². The monoisotopic (exact) mass is 469 g/mol. The van der Waals surface area contributed by atoms with Crippen molar-refractivity contribution in [2.75, 3.05) is 31.5 Å². The van der Waals surface area contributed by atoms with E-state index in [0.717, 1.165) is 42.4 Å². The van der Waals surface area contributed by atoms with Crippen LogP contribution in [0, 0.1) is 5.92 Å². The Morgan fingerprint density at radius 1 is 1.31 bits per heavy atom. The average Bonchev–Trinajstić information content (AvgIpc) is 2.77. The number of hydrogen-bond acceptors (Lipinski definition) is 4. The number of likely N-dealkylation sites (tertiary alicyclic amines) is 1. The lowest BCUT2D eigenvalue weighted by Crippen LogP contribution is -2.36. The Morgan fingerprint density at radius 3 is 3.00 bits per heavy atom. The number of anilines is 1. The van der Waals surface area contributed by atoms with Crippen molar-refractivity contribution in [1.82, 2.24) is 10.2 Å². The number of nitrogens with zero attached hydrogens (tertiary/aromatic N) is 1. The molecule has 5 nitrogen and oxygen atoms in total. The van der Waals surface area contributed by atoms with Gasteiger partial charge in [0.15, 0.2) is 0 Å². The number of nitrogens with one attached hydrogen (secondary N) is 2. The van der Waals surface area contributed by atoms with Crippen LogP contribution in [0.4, 0.5) is 5.69 Å². The summed E-state index contributed by atoms with van der Waals surface area (Å²) in [6.07, 6.45) is 5.34. The second-order valence-corrected chi connectivity index (χ2v) is 10.0. The third-order valence-corrected chi connectivity index (χ3v) is 7.09. The lowest BCUT2D eigenvalue weighted by atomic mass is 10.0. The molecule has 0 aliphatic carbocycles. The van der Waals surface area contributed by atoms with Crippen LogP contribution < -0.4 is 10.6 Å². The van der Waals surface area contributed by atoms with Gasteiger partial charge in [0.2, 0.25) is 0 Å². The number of rotatable bonds is 6. The van der Waals surface area contributed by atoms with Crippen molar-refractivity contribution in [3.05, 3.63) is 63.5 Å². The van der Waals surface area contributed by atoms with E-state index in [1.165, 1.54) is 24.6 Å². The highest BCUT2D eigenvalue weighted by Crippen LogP contribution is 2.39. The van der Waals surface area contributed by atoms with Crippen molar-refractivity contribution in [3.63, 3.8) is 0 Å². The van der Waals surface area contributed by atoms with E-state index < -0.39 is 0 Å². The van der Waals surface area contributed by atoms with Crippen molar-refractivity contribution < 1.29 is 9.59 Å². The summed E-state index contributed by atoms with van der Waals surface area (Å²) in [6, 6.07) is 12.8. The van der Waals surface area contributed by atoms with Crippen LogP contribution in [0.15, 0.2) is 52.3 Å². The number of halogens is 1. The van der Waals surface area contributed by atoms with Gasteiger partial charge in [0.05, 0.1) is 10.6 Å². The minimum Gasteiger partial charge on any atom is -0.352 e. The molecule has 0 aromatic heterocycles. The molecule has 32 heavy (non-hydrogen) atoms. The van der Waals surface area contributed by atoms with Crippen LogP contribution in [0.5, 0.6) is 0 Å². The molecule has 2 heterocycles. The highest BCUT2D eigenvalue weighted by Gasteiger charge is 2.22. The fraction of sp³-hybridized carbons (Fsp3) is 0.360. The fourth-order valence-corrected chi connectivity index (χ4v) is 5.28. The van der Waals surface area contributed by atoms with Crippen molar-refractivity contribution in [2.45, 2.75) is 31.1 Å². The van der Waals surface area contributed by atoms with Crippen LogP contribution >= 0.6 is 23.4 Å². The Balaban J connectivity index is 1.33. The largest absolute Gasteiger partial charge is 0.352 e. The van der Waals surface area contributed by atoms with Crippen molar-refractivity contribution in [3.8, 4) is 0 Å². The van der Waals surface area contributed by atoms with Crippen LogP contribution in [0.1, 0.15) is 42.1 Å². The van der Waals surface area contributed by atoms with E-state index in [2.05, 4.69) is 22.5 Å². The molecule has 2 amide bonds. The molecular formula is C25H28ClN3O2S. The molecule has 1 atom stereocenters. The topological polar surface area (TPSA) is 61.4 Å². The SMILES string of the molecule is C[C@H]1CCCN(CCCNC(=O)c2ccc3c(c2)NC(=O)/C(=C\c2cccc(Cl)c2)S3)C1. The Hall–Kier alpha value is -2.28. The molecule has 2 N–H and O–H groups in total. The number of hydrogen-bond donors (Lipinski definition) is 2. The first-order valence-electron chi connectivity index (χ1n) is 11.1. The highest BCUT2D eigenvalue weighted by atomic mass is 35.5. The standard InChI is InChI=1S/C25H28ClN3O2S/c1-17-5-3-11-29(16-17)12-4-10-27-24(30)19-8-9-22-21(15-19)28-25(31)23(32-22)14-18-6-2-7-20(26)13-18/h2,6-9,13-15,17H,3-5,10-12,16H2,1H3,(H,27,30)(H,28,31)/b23-14+/t17-/m0/s1. The minimum atomic E-state index is -0.184. The number of carbonyl (C=O) groups is 2. The van der Waals surface area contributed by atoms with Crippen LogP contribution in [0.2, 0.25) is 5.02 Å². The van der Waals surface area contributed by atoms with Crippen LogP contribution in [-0.4, -0.2) is 42.9 Å². The van der Waals surface area contributed by atoms with Gasteiger partial charge in [-0.1, -0.05) is 42.4 Å². The van der Waals surface area contributed by atoms with Gasteiger partial charge in [-0.25, -0.2) is 0 Å². The molecule has 2 aliphatic heterocycles. The molecule has 2 aromatic carbocycles. The molecule has 4 rings (SSSR count). The van der Waals surface area contributed by atoms with E-state index in [1.807, 2.05) is 36.4 Å². The van der Waals surface area contributed by atoms with E-state index in [-0.39, 0.29) is 11.8 Å². The number of fused-ring (bicyclic) bond motifs is 1. The maximum Gasteiger partial charge on any atom is 0.262 e. The predicted molar refractivity (Wildman–Crippen MR) is 132 cm³/mol. The van der Waals surface area contributed by atoms with Crippen LogP contribution in [-0.2, 0) is 4.79 Å². The number of benzene rings is 2. The third-order valence-electron chi connectivity index (χ3n) is 5.76. The summed E-state index contributed by atoms with van der Waals surface area (Å²) in [5, 5.41) is 6.54. The van der Waals surface area contributed by atoms with Crippen molar-refractivity contribution in [1.29, 1.82) is 0 Å². The lowest BCUT2D eigenvalue weighted by Gasteiger charge is -2.30. The first kappa shape index (κ1) is 22.9. The molecule has 0 unspecified atom stereocenters. The molecule has 168 valence electrons. The molecule has 0 saturated carbocycles. The predicted octanol–water partition coefficient (Wildman–Crippen LogP) is 5.28. The Bertz CT molecular complexity index is 1040. The molecular weight excluding hydrogens is 442 g/mol. The molecule has 0 bridgehead atoms. The third kappa shape index (κ3) is 5.94. The first-order valence-corrected chi connectivity index (χ1v) is 12.3. The van der Waals surface area contributed by atoms with E-state index in [9.17, 15) is 9.59 Å². The molecule has 1 fully saturated rings. The Kier molecular flexibility index (Phi) is 7.55. The zero-order chi connectivity index (χ0) is 22.5. The van der Waals surface area contributed by atoms with Crippen LogP contribution in [0.3, 0.4) is 0 Å². The van der Waals surface area contributed by atoms with Gasteiger partial charge in [-0.3, -0.25) is 9.59 Å². The Morgan fingerprint density at radius 2 is 2.19 bits per heavy atom. The fourth-order valence-electron chi connectivity index (χ4n) is 4.15. The highest BCUT2D eigenvalue weighted by molar-refractivity contribution is 8.04. The van der Waals surface area contributed by atoms with Crippen LogP contribution in [0.25, 0.3) is 6.08 Å². The molecule has 0 spiro atoms. The lowest BCUT2D eigenvalue weighted by molar-refractivity contribution is -0.112. The Labute approximate surface area is 198 Å². The molecule has 0 radical (unpaired) electrons. The summed E-state index contributed by atoms with van der Waals surface area (Å²) < 4.78 is 0. The minimum absolute atomic E-state index is 0.112. The molecule has 2 aromatic rings. The van der Waals surface area contributed by atoms with Gasteiger partial charge in [0, 0.05) is 28.6 Å². The molecule has 1 saturated heterocycles. The number of piperidine rings is 1. The first-order chi connectivity index (χ1) is 15.5. The smallest absolute Gasteiger partial charge is 0.262 e. The van der Waals surface area contributed by atoms with Gasteiger partial charge in [-0.05, 0) is 80.2 Å². The zero-order valence-electron chi connectivity index (χ0n) is 18.2. The number of carbonyl (C=O) groups excluding carboxylic acids is 2. The second-order valence-electron chi connectivity index (χ2n) is 8.49. The number of thioether (sulfide) groups is 1. The maximum atomic E-state index is 12.6. The maximum absolute atomic E-state index is 12.6. The van der Waals surface area contributed by atoms with E-state index in [4.69, 9.17) is 11.6 Å². The average molecular weight is 470 g/mol. The van der Waals surface area contributed by atoms with Crippen molar-refractivity contribution in [2.24, 2.45) is 5.92 Å². The van der Waals surface area contributed by atoms with E-state index in [1.54, 1.807) is 12.1 Å². The van der Waals surface area contributed by atoms with Gasteiger partial charge in [-0.15, -0.1) is 0 Å². The zero-order valence-corrected chi connectivity index (χ0v) is 19.8. The summed E-state index contributed by atoms with van der Waals surface area (Å²) in [7, 11) is 0. The number of amides is 2. The summed E-state index contributed by atoms with van der Waals surface area (Å²) in [4.78, 5) is 29.1. The molecule has 2 aliphatic rings. The summed E-state index contributed by atoms with van der Waals surface area (Å²) in [6.45, 7) is 6.28. The summed E-state index contributed by atoms with van der Waals surface area (Å²) in [5.41, 5.74) is 2.09. The van der Waals surface area contributed by atoms with Gasteiger partial charge in [0.1, 0.15) is 0 Å².